The third-order valence-corrected chi connectivity index (χ3v) is 5.86. The highest BCUT2D eigenvalue weighted by atomic mass is 19.4. The lowest BCUT2D eigenvalue weighted by molar-refractivity contribution is -0.136. The largest absolute Gasteiger partial charge is 0.418 e. The van der Waals surface area contributed by atoms with Crippen molar-refractivity contribution in [3.8, 4) is 0 Å². The molecule has 1 aromatic carbocycles. The summed E-state index contributed by atoms with van der Waals surface area (Å²) in [5, 5.41) is 3.60. The maximum Gasteiger partial charge on any atom is 0.418 e. The summed E-state index contributed by atoms with van der Waals surface area (Å²) in [5.41, 5.74) is -0.452. The van der Waals surface area contributed by atoms with Crippen molar-refractivity contribution in [1.82, 2.24) is 14.8 Å². The van der Waals surface area contributed by atoms with Crippen LogP contribution in [0.4, 0.5) is 23.2 Å². The molecular formula is C21H24F4N4O. The molecule has 1 amide bonds. The van der Waals surface area contributed by atoms with Crippen molar-refractivity contribution in [3.05, 3.63) is 36.0 Å². The molecule has 2 aliphatic rings. The average molecular weight is 424 g/mol. The van der Waals surface area contributed by atoms with E-state index in [1.54, 1.807) is 23.1 Å². The number of benzene rings is 1. The van der Waals surface area contributed by atoms with E-state index in [1.807, 2.05) is 11.8 Å². The number of carbonyl (C=O) groups excluding carboxylic acids is 1. The lowest BCUT2D eigenvalue weighted by atomic mass is 10.1. The quantitative estimate of drug-likeness (QED) is 0.761. The second-order valence-corrected chi connectivity index (χ2v) is 8.19. The molecule has 162 valence electrons. The number of anilines is 1. The van der Waals surface area contributed by atoms with Crippen molar-refractivity contribution in [2.75, 3.05) is 31.5 Å². The van der Waals surface area contributed by atoms with Crippen molar-refractivity contribution in [2.24, 2.45) is 0 Å². The third-order valence-electron chi connectivity index (χ3n) is 5.86. The highest BCUT2D eigenvalue weighted by molar-refractivity contribution is 5.86. The van der Waals surface area contributed by atoms with Gasteiger partial charge in [-0.25, -0.2) is 4.39 Å². The van der Waals surface area contributed by atoms with Gasteiger partial charge in [-0.15, -0.1) is 0 Å². The Morgan fingerprint density at radius 1 is 1.30 bits per heavy atom. The summed E-state index contributed by atoms with van der Waals surface area (Å²) in [5.74, 6) is -0.0977. The predicted molar refractivity (Wildman–Crippen MR) is 106 cm³/mol. The molecule has 2 saturated heterocycles. The number of hydrogen-bond acceptors (Lipinski definition) is 4. The SMILES string of the molecule is C[C@@H]1C[C@H](F)CN1C(=O)CN1CC[C@@H](Nc2cc(C(F)(F)F)c3ncccc3c2)C1. The highest BCUT2D eigenvalue weighted by Crippen LogP contribution is 2.36. The Labute approximate surface area is 172 Å². The zero-order valence-corrected chi connectivity index (χ0v) is 16.6. The first-order chi connectivity index (χ1) is 14.2. The van der Waals surface area contributed by atoms with Gasteiger partial charge in [-0.05, 0) is 31.5 Å². The number of hydrogen-bond donors (Lipinski definition) is 1. The number of halogens is 4. The highest BCUT2D eigenvalue weighted by Gasteiger charge is 2.35. The fourth-order valence-electron chi connectivity index (χ4n) is 4.42. The minimum atomic E-state index is -4.50. The molecule has 3 heterocycles. The van der Waals surface area contributed by atoms with Crippen molar-refractivity contribution < 1.29 is 22.4 Å². The van der Waals surface area contributed by atoms with Crippen LogP contribution in [-0.4, -0.2) is 65.1 Å². The Balaban J connectivity index is 1.42. The molecule has 4 rings (SSSR count). The molecule has 5 nitrogen and oxygen atoms in total. The number of fused-ring (bicyclic) bond motifs is 1. The summed E-state index contributed by atoms with van der Waals surface area (Å²) in [4.78, 5) is 19.9. The first kappa shape index (κ1) is 20.8. The molecular weight excluding hydrogens is 400 g/mol. The lowest BCUT2D eigenvalue weighted by Gasteiger charge is -2.24. The van der Waals surface area contributed by atoms with Crippen molar-refractivity contribution >= 4 is 22.5 Å². The monoisotopic (exact) mass is 424 g/mol. The van der Waals surface area contributed by atoms with Crippen LogP contribution < -0.4 is 5.32 Å². The first-order valence-corrected chi connectivity index (χ1v) is 10.1. The van der Waals surface area contributed by atoms with E-state index in [-0.39, 0.29) is 36.6 Å². The Morgan fingerprint density at radius 2 is 2.10 bits per heavy atom. The molecule has 3 atom stereocenters. The number of aromatic nitrogens is 1. The maximum absolute atomic E-state index is 13.5. The van der Waals surface area contributed by atoms with Crippen LogP contribution in [0.15, 0.2) is 30.5 Å². The minimum absolute atomic E-state index is 0.0694. The van der Waals surface area contributed by atoms with E-state index in [4.69, 9.17) is 0 Å². The standard InChI is InChI=1S/C21H24F4N4O/c1-13-7-15(22)10-29(13)19(30)12-28-6-4-16(11-28)27-17-8-14-3-2-5-26-20(14)18(9-17)21(23,24)25/h2-3,5,8-9,13,15-16,27H,4,6-7,10-12H2,1H3/t13-,15+,16-/m1/s1. The van der Waals surface area contributed by atoms with Crippen LogP contribution in [0.3, 0.4) is 0 Å². The molecule has 0 unspecified atom stereocenters. The van der Waals surface area contributed by atoms with Crippen molar-refractivity contribution in [3.63, 3.8) is 0 Å². The molecule has 2 fully saturated rings. The number of amides is 1. The average Bonchev–Trinajstić information content (AvgIpc) is 3.25. The van der Waals surface area contributed by atoms with E-state index in [0.29, 0.717) is 37.0 Å². The smallest absolute Gasteiger partial charge is 0.381 e. The van der Waals surface area contributed by atoms with Crippen LogP contribution in [0.25, 0.3) is 10.9 Å². The van der Waals surface area contributed by atoms with Gasteiger partial charge in [0, 0.05) is 48.9 Å². The van der Waals surface area contributed by atoms with Crippen molar-refractivity contribution in [1.29, 1.82) is 0 Å². The predicted octanol–water partition coefficient (Wildman–Crippen LogP) is 3.70. The normalized spacial score (nSPS) is 25.2. The summed E-state index contributed by atoms with van der Waals surface area (Å²) in [6.07, 6.45) is -3.04. The van der Waals surface area contributed by atoms with E-state index < -0.39 is 17.9 Å². The van der Waals surface area contributed by atoms with E-state index in [1.165, 1.54) is 6.20 Å². The van der Waals surface area contributed by atoms with Crippen LogP contribution in [0.2, 0.25) is 0 Å². The molecule has 1 aromatic heterocycles. The zero-order chi connectivity index (χ0) is 21.5. The Morgan fingerprint density at radius 3 is 2.80 bits per heavy atom. The van der Waals surface area contributed by atoms with Crippen LogP contribution in [0.5, 0.6) is 0 Å². The maximum atomic E-state index is 13.5. The van der Waals surface area contributed by atoms with Crippen LogP contribution in [-0.2, 0) is 11.0 Å². The Bertz CT molecular complexity index is 935. The van der Waals surface area contributed by atoms with Gasteiger partial charge in [0.15, 0.2) is 0 Å². The van der Waals surface area contributed by atoms with Gasteiger partial charge in [0.1, 0.15) is 6.17 Å². The van der Waals surface area contributed by atoms with Gasteiger partial charge < -0.3 is 10.2 Å². The van der Waals surface area contributed by atoms with Gasteiger partial charge in [-0.1, -0.05) is 6.07 Å². The van der Waals surface area contributed by atoms with Gasteiger partial charge in [-0.2, -0.15) is 13.2 Å². The molecule has 0 spiro atoms. The minimum Gasteiger partial charge on any atom is -0.381 e. The molecule has 1 N–H and O–H groups in total. The first-order valence-electron chi connectivity index (χ1n) is 10.1. The van der Waals surface area contributed by atoms with Gasteiger partial charge in [-0.3, -0.25) is 14.7 Å². The van der Waals surface area contributed by atoms with Gasteiger partial charge >= 0.3 is 6.18 Å². The van der Waals surface area contributed by atoms with E-state index >= 15 is 0 Å². The summed E-state index contributed by atoms with van der Waals surface area (Å²) in [6, 6.07) is 5.80. The molecule has 0 saturated carbocycles. The van der Waals surface area contributed by atoms with E-state index in [9.17, 15) is 22.4 Å². The summed E-state index contributed by atoms with van der Waals surface area (Å²) < 4.78 is 54.0. The fraction of sp³-hybridized carbons (Fsp3) is 0.524. The molecule has 2 aliphatic heterocycles. The third kappa shape index (κ3) is 4.35. The zero-order valence-electron chi connectivity index (χ0n) is 16.6. The second kappa shape index (κ2) is 8.02. The molecule has 30 heavy (non-hydrogen) atoms. The second-order valence-electron chi connectivity index (χ2n) is 8.19. The molecule has 0 bridgehead atoms. The summed E-state index contributed by atoms with van der Waals surface area (Å²) in [6.45, 7) is 3.38. The van der Waals surface area contributed by atoms with Crippen LogP contribution >= 0.6 is 0 Å². The van der Waals surface area contributed by atoms with Crippen molar-refractivity contribution in [2.45, 2.75) is 44.2 Å². The lowest BCUT2D eigenvalue weighted by Crippen LogP contribution is -2.42. The Hall–Kier alpha value is -2.42. The molecule has 2 aromatic rings. The topological polar surface area (TPSA) is 48.5 Å². The number of nitrogens with one attached hydrogen (secondary N) is 1. The Kier molecular flexibility index (Phi) is 5.57. The number of alkyl halides is 4. The summed E-state index contributed by atoms with van der Waals surface area (Å²) in [7, 11) is 0. The van der Waals surface area contributed by atoms with Gasteiger partial charge in [0.05, 0.1) is 24.2 Å². The van der Waals surface area contributed by atoms with Crippen LogP contribution in [0.1, 0.15) is 25.3 Å². The number of pyridine rings is 1. The number of rotatable bonds is 4. The number of carbonyl (C=O) groups is 1. The molecule has 0 radical (unpaired) electrons. The molecule has 0 aliphatic carbocycles. The molecule has 9 heteroatoms. The number of nitrogens with zero attached hydrogens (tertiary/aromatic N) is 3. The summed E-state index contributed by atoms with van der Waals surface area (Å²) >= 11 is 0. The van der Waals surface area contributed by atoms with E-state index in [2.05, 4.69) is 10.3 Å². The van der Waals surface area contributed by atoms with E-state index in [0.717, 1.165) is 6.07 Å². The van der Waals surface area contributed by atoms with Crippen LogP contribution in [0, 0.1) is 0 Å². The number of likely N-dealkylation sites (tertiary alicyclic amines) is 2. The van der Waals surface area contributed by atoms with Gasteiger partial charge in [0.25, 0.3) is 0 Å². The van der Waals surface area contributed by atoms with Gasteiger partial charge in [0.2, 0.25) is 5.91 Å². The fourth-order valence-corrected chi connectivity index (χ4v) is 4.42.